The Balaban J connectivity index is 1.80. The van der Waals surface area contributed by atoms with Gasteiger partial charge in [-0.05, 0) is 55.3 Å². The first-order valence-corrected chi connectivity index (χ1v) is 9.21. The van der Waals surface area contributed by atoms with Crippen LogP contribution in [0.1, 0.15) is 57.9 Å². The van der Waals surface area contributed by atoms with Crippen molar-refractivity contribution in [2.24, 2.45) is 17.8 Å². The van der Waals surface area contributed by atoms with E-state index in [0.29, 0.717) is 5.56 Å². The molecule has 2 unspecified atom stereocenters. The van der Waals surface area contributed by atoms with Gasteiger partial charge in [-0.15, -0.1) is 11.8 Å². The SMILES string of the molecule is CCC1CC(CC)CC(CCSc2cncc(C#N)c2)C1. The topological polar surface area (TPSA) is 36.7 Å². The Kier molecular flexibility index (Phi) is 6.57. The van der Waals surface area contributed by atoms with Crippen LogP contribution in [0.2, 0.25) is 0 Å². The van der Waals surface area contributed by atoms with Crippen LogP contribution in [0.15, 0.2) is 23.4 Å². The number of pyridine rings is 1. The first-order chi connectivity index (χ1) is 10.2. The Morgan fingerprint density at radius 1 is 1.14 bits per heavy atom. The second kappa shape index (κ2) is 8.44. The first-order valence-electron chi connectivity index (χ1n) is 8.23. The first kappa shape index (κ1) is 16.4. The molecule has 0 aromatic carbocycles. The summed E-state index contributed by atoms with van der Waals surface area (Å²) in [5.41, 5.74) is 0.662. The number of hydrogen-bond acceptors (Lipinski definition) is 3. The van der Waals surface area contributed by atoms with Crippen molar-refractivity contribution < 1.29 is 0 Å². The van der Waals surface area contributed by atoms with Gasteiger partial charge >= 0.3 is 0 Å². The molecule has 1 aliphatic carbocycles. The Morgan fingerprint density at radius 2 is 1.81 bits per heavy atom. The van der Waals surface area contributed by atoms with E-state index in [1.807, 2.05) is 24.0 Å². The summed E-state index contributed by atoms with van der Waals surface area (Å²) in [4.78, 5) is 5.26. The highest BCUT2D eigenvalue weighted by molar-refractivity contribution is 7.99. The molecule has 0 bridgehead atoms. The van der Waals surface area contributed by atoms with E-state index < -0.39 is 0 Å². The zero-order valence-electron chi connectivity index (χ0n) is 13.2. The molecule has 0 radical (unpaired) electrons. The van der Waals surface area contributed by atoms with Gasteiger partial charge in [0.1, 0.15) is 6.07 Å². The van der Waals surface area contributed by atoms with Crippen molar-refractivity contribution in [3.63, 3.8) is 0 Å². The molecule has 21 heavy (non-hydrogen) atoms. The molecule has 1 saturated carbocycles. The van der Waals surface area contributed by atoms with Crippen LogP contribution in [0.25, 0.3) is 0 Å². The van der Waals surface area contributed by atoms with E-state index >= 15 is 0 Å². The van der Waals surface area contributed by atoms with Crippen molar-refractivity contribution in [3.05, 3.63) is 24.0 Å². The second-order valence-electron chi connectivity index (χ2n) is 6.28. The predicted octanol–water partition coefficient (Wildman–Crippen LogP) is 5.29. The molecule has 3 heteroatoms. The van der Waals surface area contributed by atoms with E-state index in [-0.39, 0.29) is 0 Å². The molecule has 0 saturated heterocycles. The van der Waals surface area contributed by atoms with Crippen LogP contribution in [0.5, 0.6) is 0 Å². The standard InChI is InChI=1S/C18H26N2S/c1-3-14-7-15(4-2)9-16(8-14)5-6-21-18-10-17(11-19)12-20-13-18/h10,12-16H,3-9H2,1-2H3. The molecule has 1 heterocycles. The molecule has 0 N–H and O–H groups in total. The minimum atomic E-state index is 0.662. The summed E-state index contributed by atoms with van der Waals surface area (Å²) in [5, 5.41) is 8.90. The lowest BCUT2D eigenvalue weighted by atomic mass is 9.72. The number of nitriles is 1. The van der Waals surface area contributed by atoms with Crippen molar-refractivity contribution >= 4 is 11.8 Å². The van der Waals surface area contributed by atoms with Crippen molar-refractivity contribution in [2.75, 3.05) is 5.75 Å². The van der Waals surface area contributed by atoms with Gasteiger partial charge in [-0.2, -0.15) is 5.26 Å². The summed E-state index contributed by atoms with van der Waals surface area (Å²) < 4.78 is 0. The summed E-state index contributed by atoms with van der Waals surface area (Å²) in [5.74, 6) is 3.94. The molecule has 1 aromatic heterocycles. The lowest BCUT2D eigenvalue weighted by Crippen LogP contribution is -2.22. The van der Waals surface area contributed by atoms with Crippen LogP contribution in [0.3, 0.4) is 0 Å². The largest absolute Gasteiger partial charge is 0.262 e. The highest BCUT2D eigenvalue weighted by Crippen LogP contribution is 2.38. The van der Waals surface area contributed by atoms with Crippen LogP contribution < -0.4 is 0 Å². The normalized spacial score (nSPS) is 25.5. The third-order valence-electron chi connectivity index (χ3n) is 4.79. The minimum Gasteiger partial charge on any atom is -0.262 e. The molecular weight excluding hydrogens is 276 g/mol. The van der Waals surface area contributed by atoms with Crippen LogP contribution in [0, 0.1) is 29.1 Å². The van der Waals surface area contributed by atoms with E-state index in [4.69, 9.17) is 5.26 Å². The Labute approximate surface area is 133 Å². The summed E-state index contributed by atoms with van der Waals surface area (Å²) in [6.07, 6.45) is 11.8. The Morgan fingerprint density at radius 3 is 2.43 bits per heavy atom. The molecule has 2 atom stereocenters. The molecule has 1 aliphatic rings. The second-order valence-corrected chi connectivity index (χ2v) is 7.45. The zero-order valence-corrected chi connectivity index (χ0v) is 14.0. The highest BCUT2D eigenvalue weighted by Gasteiger charge is 2.26. The average molecular weight is 302 g/mol. The van der Waals surface area contributed by atoms with Crippen LogP contribution in [-0.4, -0.2) is 10.7 Å². The summed E-state index contributed by atoms with van der Waals surface area (Å²) in [6.45, 7) is 4.68. The third kappa shape index (κ3) is 5.04. The summed E-state index contributed by atoms with van der Waals surface area (Å²) >= 11 is 1.85. The molecule has 114 valence electrons. The van der Waals surface area contributed by atoms with Crippen LogP contribution >= 0.6 is 11.8 Å². The van der Waals surface area contributed by atoms with Crippen molar-refractivity contribution in [1.29, 1.82) is 5.26 Å². The molecule has 0 aliphatic heterocycles. The number of hydrogen-bond donors (Lipinski definition) is 0. The average Bonchev–Trinajstić information content (AvgIpc) is 2.54. The fourth-order valence-electron chi connectivity index (χ4n) is 3.51. The van der Waals surface area contributed by atoms with Gasteiger partial charge in [0.05, 0.1) is 5.56 Å². The van der Waals surface area contributed by atoms with Crippen molar-refractivity contribution in [3.8, 4) is 6.07 Å². The fraction of sp³-hybridized carbons (Fsp3) is 0.667. The number of aromatic nitrogens is 1. The van der Waals surface area contributed by atoms with Gasteiger partial charge in [0.25, 0.3) is 0 Å². The Bertz CT molecular complexity index is 468. The van der Waals surface area contributed by atoms with E-state index in [9.17, 15) is 0 Å². The Hall–Kier alpha value is -1.01. The maximum Gasteiger partial charge on any atom is 0.101 e. The molecule has 0 spiro atoms. The molecular formula is C18H26N2S. The summed E-state index contributed by atoms with van der Waals surface area (Å²) in [7, 11) is 0. The van der Waals surface area contributed by atoms with Gasteiger partial charge in [0, 0.05) is 17.3 Å². The quantitative estimate of drug-likeness (QED) is 0.670. The van der Waals surface area contributed by atoms with Gasteiger partial charge in [-0.25, -0.2) is 0 Å². The number of rotatable bonds is 6. The lowest BCUT2D eigenvalue weighted by molar-refractivity contribution is 0.183. The summed E-state index contributed by atoms with van der Waals surface area (Å²) in [6, 6.07) is 4.10. The van der Waals surface area contributed by atoms with Gasteiger partial charge in [-0.3, -0.25) is 4.98 Å². The molecule has 0 amide bonds. The van der Waals surface area contributed by atoms with Gasteiger partial charge in [-0.1, -0.05) is 26.7 Å². The third-order valence-corrected chi connectivity index (χ3v) is 5.79. The van der Waals surface area contributed by atoms with Gasteiger partial charge in [0.2, 0.25) is 0 Å². The van der Waals surface area contributed by atoms with Crippen molar-refractivity contribution in [1.82, 2.24) is 4.98 Å². The van der Waals surface area contributed by atoms with Gasteiger partial charge in [0.15, 0.2) is 0 Å². The molecule has 1 fully saturated rings. The smallest absolute Gasteiger partial charge is 0.101 e. The van der Waals surface area contributed by atoms with Crippen LogP contribution in [0.4, 0.5) is 0 Å². The maximum absolute atomic E-state index is 8.90. The van der Waals surface area contributed by atoms with Crippen molar-refractivity contribution in [2.45, 2.75) is 57.3 Å². The molecule has 2 rings (SSSR count). The zero-order chi connectivity index (χ0) is 15.1. The van der Waals surface area contributed by atoms with E-state index in [1.165, 1.54) is 38.5 Å². The number of thioether (sulfide) groups is 1. The fourth-order valence-corrected chi connectivity index (χ4v) is 4.54. The van der Waals surface area contributed by atoms with Gasteiger partial charge < -0.3 is 0 Å². The maximum atomic E-state index is 8.90. The monoisotopic (exact) mass is 302 g/mol. The van der Waals surface area contributed by atoms with E-state index in [1.54, 1.807) is 6.20 Å². The molecule has 1 aromatic rings. The highest BCUT2D eigenvalue weighted by atomic mass is 32.2. The van der Waals surface area contributed by atoms with E-state index in [0.717, 1.165) is 28.4 Å². The molecule has 2 nitrogen and oxygen atoms in total. The van der Waals surface area contributed by atoms with Crippen LogP contribution in [-0.2, 0) is 0 Å². The van der Waals surface area contributed by atoms with E-state index in [2.05, 4.69) is 24.9 Å². The lowest BCUT2D eigenvalue weighted by Gasteiger charge is -2.34. The minimum absolute atomic E-state index is 0.662. The predicted molar refractivity (Wildman–Crippen MR) is 89.2 cm³/mol. The number of nitrogens with zero attached hydrogens (tertiary/aromatic N) is 2.